The van der Waals surface area contributed by atoms with Crippen molar-refractivity contribution in [3.8, 4) is 0 Å². The van der Waals surface area contributed by atoms with Gasteiger partial charge in [-0.05, 0) is 26.0 Å². The summed E-state index contributed by atoms with van der Waals surface area (Å²) in [6.45, 7) is 6.36. The number of amides is 2. The highest BCUT2D eigenvalue weighted by atomic mass is 16.3. The van der Waals surface area contributed by atoms with Crippen molar-refractivity contribution in [2.24, 2.45) is 0 Å². The van der Waals surface area contributed by atoms with E-state index in [1.807, 2.05) is 18.7 Å². The summed E-state index contributed by atoms with van der Waals surface area (Å²) in [5.41, 5.74) is 0.187. The molecule has 1 saturated heterocycles. The molecule has 0 radical (unpaired) electrons. The lowest BCUT2D eigenvalue weighted by atomic mass is 10.2. The Balaban J connectivity index is 1.64. The Hall–Kier alpha value is -2.67. The third-order valence-electron chi connectivity index (χ3n) is 4.32. The molecule has 0 aliphatic carbocycles. The van der Waals surface area contributed by atoms with Gasteiger partial charge in [0.05, 0.1) is 11.9 Å². The number of carbonyl (C=O) groups excluding carboxylic acids is 2. The lowest BCUT2D eigenvalue weighted by Crippen LogP contribution is -2.51. The van der Waals surface area contributed by atoms with Gasteiger partial charge in [0, 0.05) is 38.3 Å². The van der Waals surface area contributed by atoms with Gasteiger partial charge in [-0.3, -0.25) is 19.3 Å². The molecule has 138 valence electrons. The highest BCUT2D eigenvalue weighted by Gasteiger charge is 2.25. The maximum Gasteiger partial charge on any atom is 0.289 e. The number of hydrogen-bond acceptors (Lipinski definition) is 5. The average molecular weight is 357 g/mol. The van der Waals surface area contributed by atoms with Gasteiger partial charge in [-0.2, -0.15) is 0 Å². The molecule has 1 aliphatic rings. The zero-order chi connectivity index (χ0) is 18.7. The number of benzene rings is 1. The van der Waals surface area contributed by atoms with Gasteiger partial charge in [0.25, 0.3) is 5.91 Å². The van der Waals surface area contributed by atoms with Gasteiger partial charge in [-0.25, -0.2) is 0 Å². The molecule has 7 heteroatoms. The summed E-state index contributed by atoms with van der Waals surface area (Å²) >= 11 is 0. The van der Waals surface area contributed by atoms with Gasteiger partial charge in [0.2, 0.25) is 5.91 Å². The second-order valence-corrected chi connectivity index (χ2v) is 6.76. The minimum atomic E-state index is -0.292. The zero-order valence-electron chi connectivity index (χ0n) is 15.0. The number of fused-ring (bicyclic) bond motifs is 1. The molecule has 0 spiro atoms. The standard InChI is InChI=1S/C19H23N3O4/c1-13(2)20-18(24)12-21-7-9-22(10-8-21)19(25)17-11-15(23)14-5-3-4-6-16(14)26-17/h3-6,11,13H,7-10,12H2,1-2H3,(H,20,24). The maximum atomic E-state index is 12.7. The fourth-order valence-electron chi connectivity index (χ4n) is 3.04. The van der Waals surface area contributed by atoms with E-state index >= 15 is 0 Å². The third-order valence-corrected chi connectivity index (χ3v) is 4.32. The van der Waals surface area contributed by atoms with Crippen LogP contribution in [0.5, 0.6) is 0 Å². The van der Waals surface area contributed by atoms with Crippen molar-refractivity contribution in [1.29, 1.82) is 0 Å². The Morgan fingerprint density at radius 2 is 1.85 bits per heavy atom. The second-order valence-electron chi connectivity index (χ2n) is 6.76. The van der Waals surface area contributed by atoms with Crippen LogP contribution in [0.25, 0.3) is 11.0 Å². The van der Waals surface area contributed by atoms with Crippen LogP contribution < -0.4 is 10.7 Å². The molecular weight excluding hydrogens is 334 g/mol. The quantitative estimate of drug-likeness (QED) is 0.885. The molecule has 1 aliphatic heterocycles. The van der Waals surface area contributed by atoms with Crippen LogP contribution in [-0.2, 0) is 4.79 Å². The molecule has 1 N–H and O–H groups in total. The van der Waals surface area contributed by atoms with E-state index in [1.165, 1.54) is 6.07 Å². The van der Waals surface area contributed by atoms with Gasteiger partial charge in [0.15, 0.2) is 11.2 Å². The summed E-state index contributed by atoms with van der Waals surface area (Å²) in [7, 11) is 0. The van der Waals surface area contributed by atoms with E-state index in [-0.39, 0.29) is 29.0 Å². The van der Waals surface area contributed by atoms with E-state index in [1.54, 1.807) is 29.2 Å². The molecule has 2 heterocycles. The van der Waals surface area contributed by atoms with Crippen LogP contribution in [0, 0.1) is 0 Å². The normalized spacial score (nSPS) is 15.4. The molecular formula is C19H23N3O4. The van der Waals surface area contributed by atoms with E-state index < -0.39 is 0 Å². The number of nitrogens with zero attached hydrogens (tertiary/aromatic N) is 2. The zero-order valence-corrected chi connectivity index (χ0v) is 15.0. The monoisotopic (exact) mass is 357 g/mol. The predicted molar refractivity (Wildman–Crippen MR) is 98.1 cm³/mol. The molecule has 0 saturated carbocycles. The largest absolute Gasteiger partial charge is 0.451 e. The topological polar surface area (TPSA) is 82.9 Å². The van der Waals surface area contributed by atoms with E-state index in [0.717, 1.165) is 0 Å². The SMILES string of the molecule is CC(C)NC(=O)CN1CCN(C(=O)c2cc(=O)c3ccccc3o2)CC1. The van der Waals surface area contributed by atoms with Crippen LogP contribution in [0.2, 0.25) is 0 Å². The number of para-hydroxylation sites is 1. The van der Waals surface area contributed by atoms with Gasteiger partial charge in [-0.1, -0.05) is 12.1 Å². The van der Waals surface area contributed by atoms with Gasteiger partial charge >= 0.3 is 0 Å². The number of carbonyl (C=O) groups is 2. The molecule has 0 bridgehead atoms. The van der Waals surface area contributed by atoms with E-state index in [0.29, 0.717) is 43.7 Å². The molecule has 1 fully saturated rings. The first kappa shape index (κ1) is 18.1. The molecule has 0 atom stereocenters. The first-order valence-electron chi connectivity index (χ1n) is 8.78. The van der Waals surface area contributed by atoms with Crippen molar-refractivity contribution in [2.75, 3.05) is 32.7 Å². The summed E-state index contributed by atoms with van der Waals surface area (Å²) in [5.74, 6) is -0.251. The number of nitrogens with one attached hydrogen (secondary N) is 1. The highest BCUT2D eigenvalue weighted by Crippen LogP contribution is 2.14. The molecule has 26 heavy (non-hydrogen) atoms. The molecule has 1 aromatic carbocycles. The minimum absolute atomic E-state index is 0.0136. The molecule has 2 aromatic rings. The van der Waals surface area contributed by atoms with Gasteiger partial charge < -0.3 is 14.6 Å². The number of rotatable bonds is 4. The Morgan fingerprint density at radius 1 is 1.15 bits per heavy atom. The van der Waals surface area contributed by atoms with E-state index in [2.05, 4.69) is 5.32 Å². The lowest BCUT2D eigenvalue weighted by Gasteiger charge is -2.34. The molecule has 2 amide bonds. The Morgan fingerprint density at radius 3 is 2.54 bits per heavy atom. The summed E-state index contributed by atoms with van der Waals surface area (Å²) in [4.78, 5) is 40.3. The fraction of sp³-hybridized carbons (Fsp3) is 0.421. The second kappa shape index (κ2) is 7.70. The third kappa shape index (κ3) is 4.11. The first-order valence-corrected chi connectivity index (χ1v) is 8.78. The van der Waals surface area contributed by atoms with Crippen LogP contribution in [-0.4, -0.2) is 60.4 Å². The van der Waals surface area contributed by atoms with Gasteiger partial charge in [-0.15, -0.1) is 0 Å². The summed E-state index contributed by atoms with van der Waals surface area (Å²) < 4.78 is 5.62. The Labute approximate surface area is 151 Å². The molecule has 3 rings (SSSR count). The predicted octanol–water partition coefficient (Wildman–Crippen LogP) is 1.08. The molecule has 7 nitrogen and oxygen atoms in total. The summed E-state index contributed by atoms with van der Waals surface area (Å²) in [6.07, 6.45) is 0. The minimum Gasteiger partial charge on any atom is -0.451 e. The highest BCUT2D eigenvalue weighted by molar-refractivity contribution is 5.93. The van der Waals surface area contributed by atoms with Crippen LogP contribution >= 0.6 is 0 Å². The smallest absolute Gasteiger partial charge is 0.289 e. The van der Waals surface area contributed by atoms with Crippen molar-refractivity contribution in [3.63, 3.8) is 0 Å². The average Bonchev–Trinajstić information content (AvgIpc) is 2.61. The number of piperazine rings is 1. The molecule has 1 aromatic heterocycles. The van der Waals surface area contributed by atoms with E-state index in [4.69, 9.17) is 4.42 Å². The lowest BCUT2D eigenvalue weighted by molar-refractivity contribution is -0.123. The van der Waals surface area contributed by atoms with Gasteiger partial charge in [0.1, 0.15) is 5.58 Å². The molecule has 0 unspecified atom stereocenters. The van der Waals surface area contributed by atoms with Crippen LogP contribution in [0.3, 0.4) is 0 Å². The van der Waals surface area contributed by atoms with Crippen LogP contribution in [0.1, 0.15) is 24.4 Å². The summed E-state index contributed by atoms with van der Waals surface area (Å²) in [6, 6.07) is 8.25. The Bertz CT molecular complexity index is 866. The maximum absolute atomic E-state index is 12.7. The summed E-state index contributed by atoms with van der Waals surface area (Å²) in [5, 5.41) is 3.33. The van der Waals surface area contributed by atoms with Crippen LogP contribution in [0.15, 0.2) is 39.5 Å². The van der Waals surface area contributed by atoms with Crippen molar-refractivity contribution >= 4 is 22.8 Å². The van der Waals surface area contributed by atoms with Crippen molar-refractivity contribution in [3.05, 3.63) is 46.3 Å². The number of hydrogen-bond donors (Lipinski definition) is 1. The van der Waals surface area contributed by atoms with Crippen molar-refractivity contribution in [1.82, 2.24) is 15.1 Å². The fourth-order valence-corrected chi connectivity index (χ4v) is 3.04. The van der Waals surface area contributed by atoms with E-state index in [9.17, 15) is 14.4 Å². The van der Waals surface area contributed by atoms with Crippen LogP contribution in [0.4, 0.5) is 0 Å². The van der Waals surface area contributed by atoms with Crippen molar-refractivity contribution in [2.45, 2.75) is 19.9 Å². The van der Waals surface area contributed by atoms with Crippen molar-refractivity contribution < 1.29 is 14.0 Å². The Kier molecular flexibility index (Phi) is 5.37. The first-order chi connectivity index (χ1) is 12.4.